The fraction of sp³-hybridized carbons (Fsp3) is 0.353. The van der Waals surface area contributed by atoms with Crippen molar-refractivity contribution < 1.29 is 9.18 Å². The second kappa shape index (κ2) is 6.23. The summed E-state index contributed by atoms with van der Waals surface area (Å²) in [6, 6.07) is 6.31. The molecule has 3 atom stereocenters. The third kappa shape index (κ3) is 2.60. The van der Waals surface area contributed by atoms with Gasteiger partial charge >= 0.3 is 0 Å². The van der Waals surface area contributed by atoms with Crippen molar-refractivity contribution in [2.24, 2.45) is 11.8 Å². The predicted molar refractivity (Wildman–Crippen MR) is 91.3 cm³/mol. The Hall–Kier alpha value is -3.14. The Morgan fingerprint density at radius 2 is 2.22 bits per heavy atom. The SMILES string of the molecule is O=C(c1cn[nH]c1-n1cnnn1)N1C[C@@H]2CNC[C@@H]2[C@H]1c1cccc(F)c1. The van der Waals surface area contributed by atoms with Crippen molar-refractivity contribution in [1.29, 1.82) is 0 Å². The maximum absolute atomic E-state index is 13.9. The van der Waals surface area contributed by atoms with E-state index in [0.29, 0.717) is 23.8 Å². The Labute approximate surface area is 153 Å². The number of nitrogens with one attached hydrogen (secondary N) is 2. The third-order valence-electron chi connectivity index (χ3n) is 5.44. The highest BCUT2D eigenvalue weighted by atomic mass is 19.1. The Bertz CT molecular complexity index is 971. The zero-order valence-corrected chi connectivity index (χ0v) is 14.3. The van der Waals surface area contributed by atoms with Gasteiger partial charge in [0.2, 0.25) is 0 Å². The lowest BCUT2D eigenvalue weighted by Crippen LogP contribution is -2.35. The number of tetrazole rings is 1. The standard InChI is InChI=1S/C17H17FN8O/c18-12-3-1-2-10(4-12)15-13-6-19-5-11(13)8-25(15)17(27)14-7-20-22-16(14)26-9-21-23-24-26/h1-4,7,9,11,13,15,19H,5-6,8H2,(H,20,22)/t11-,13-,15+/m0/s1. The number of hydrogen-bond donors (Lipinski definition) is 2. The van der Waals surface area contributed by atoms with Crippen LogP contribution in [0.15, 0.2) is 36.8 Å². The highest BCUT2D eigenvalue weighted by molar-refractivity contribution is 5.97. The van der Waals surface area contributed by atoms with Crippen LogP contribution in [0.3, 0.4) is 0 Å². The first-order chi connectivity index (χ1) is 13.2. The molecule has 2 saturated heterocycles. The lowest BCUT2D eigenvalue weighted by molar-refractivity contribution is 0.0713. The quantitative estimate of drug-likeness (QED) is 0.700. The molecule has 2 aliphatic heterocycles. The maximum Gasteiger partial charge on any atom is 0.259 e. The van der Waals surface area contributed by atoms with Crippen LogP contribution in [0.4, 0.5) is 4.39 Å². The number of H-pyrrole nitrogens is 1. The summed E-state index contributed by atoms with van der Waals surface area (Å²) in [6.07, 6.45) is 2.88. The highest BCUT2D eigenvalue weighted by Gasteiger charge is 2.47. The van der Waals surface area contributed by atoms with Gasteiger partial charge in [-0.1, -0.05) is 12.1 Å². The summed E-state index contributed by atoms with van der Waals surface area (Å²) in [5.41, 5.74) is 1.20. The van der Waals surface area contributed by atoms with E-state index in [-0.39, 0.29) is 23.7 Å². The number of aromatic nitrogens is 6. The van der Waals surface area contributed by atoms with E-state index < -0.39 is 0 Å². The minimum Gasteiger partial charge on any atom is -0.331 e. The van der Waals surface area contributed by atoms with Crippen LogP contribution in [0.25, 0.3) is 5.82 Å². The molecule has 0 radical (unpaired) electrons. The van der Waals surface area contributed by atoms with Gasteiger partial charge in [-0.05, 0) is 34.0 Å². The molecule has 0 unspecified atom stereocenters. The zero-order chi connectivity index (χ0) is 18.4. The fourth-order valence-corrected chi connectivity index (χ4v) is 4.28. The topological polar surface area (TPSA) is 105 Å². The van der Waals surface area contributed by atoms with Crippen LogP contribution >= 0.6 is 0 Å². The van der Waals surface area contributed by atoms with Crippen molar-refractivity contribution in [2.75, 3.05) is 19.6 Å². The number of likely N-dealkylation sites (tertiary alicyclic amines) is 1. The number of amides is 1. The minimum atomic E-state index is -0.299. The molecule has 4 heterocycles. The Morgan fingerprint density at radius 1 is 1.30 bits per heavy atom. The fourth-order valence-electron chi connectivity index (χ4n) is 4.28. The first kappa shape index (κ1) is 16.1. The van der Waals surface area contributed by atoms with E-state index in [1.54, 1.807) is 6.07 Å². The van der Waals surface area contributed by atoms with Crippen LogP contribution in [0.1, 0.15) is 22.0 Å². The average molecular weight is 368 g/mol. The van der Waals surface area contributed by atoms with E-state index in [2.05, 4.69) is 31.0 Å². The van der Waals surface area contributed by atoms with E-state index >= 15 is 0 Å². The molecule has 1 aromatic carbocycles. The summed E-state index contributed by atoms with van der Waals surface area (Å²) >= 11 is 0. The molecule has 1 amide bonds. The minimum absolute atomic E-state index is 0.169. The van der Waals surface area contributed by atoms with Crippen LogP contribution in [0, 0.1) is 17.7 Å². The number of halogens is 1. The molecule has 0 saturated carbocycles. The van der Waals surface area contributed by atoms with Gasteiger partial charge in [0.15, 0.2) is 5.82 Å². The Balaban J connectivity index is 1.53. The molecule has 2 aliphatic rings. The van der Waals surface area contributed by atoms with Crippen LogP contribution in [0.2, 0.25) is 0 Å². The monoisotopic (exact) mass is 368 g/mol. The molecule has 2 N–H and O–H groups in total. The molecule has 138 valence electrons. The molecule has 3 aromatic rings. The largest absolute Gasteiger partial charge is 0.331 e. The first-order valence-corrected chi connectivity index (χ1v) is 8.76. The van der Waals surface area contributed by atoms with Gasteiger partial charge in [-0.15, -0.1) is 5.10 Å². The van der Waals surface area contributed by atoms with Crippen molar-refractivity contribution >= 4 is 5.91 Å². The van der Waals surface area contributed by atoms with Gasteiger partial charge in [0.25, 0.3) is 5.91 Å². The smallest absolute Gasteiger partial charge is 0.259 e. The number of carbonyl (C=O) groups excluding carboxylic acids is 1. The van der Waals surface area contributed by atoms with Gasteiger partial charge in [-0.25, -0.2) is 4.39 Å². The molecule has 2 fully saturated rings. The molecular weight excluding hydrogens is 351 g/mol. The maximum atomic E-state index is 13.9. The number of benzene rings is 1. The van der Waals surface area contributed by atoms with Crippen LogP contribution in [0.5, 0.6) is 0 Å². The van der Waals surface area contributed by atoms with Crippen LogP contribution in [-0.2, 0) is 0 Å². The number of hydrogen-bond acceptors (Lipinski definition) is 6. The second-order valence-corrected chi connectivity index (χ2v) is 6.93. The number of carbonyl (C=O) groups is 1. The van der Waals surface area contributed by atoms with E-state index in [4.69, 9.17) is 0 Å². The molecule has 5 rings (SSSR count). The third-order valence-corrected chi connectivity index (χ3v) is 5.44. The van der Waals surface area contributed by atoms with Crippen molar-refractivity contribution in [1.82, 2.24) is 40.6 Å². The van der Waals surface area contributed by atoms with Gasteiger partial charge in [0, 0.05) is 25.6 Å². The lowest BCUT2D eigenvalue weighted by Gasteiger charge is -2.28. The van der Waals surface area contributed by atoms with Gasteiger partial charge in [-0.3, -0.25) is 9.89 Å². The lowest BCUT2D eigenvalue weighted by atomic mass is 9.89. The summed E-state index contributed by atoms with van der Waals surface area (Å²) in [5, 5.41) is 21.2. The highest BCUT2D eigenvalue weighted by Crippen LogP contribution is 2.43. The van der Waals surface area contributed by atoms with Gasteiger partial charge in [0.1, 0.15) is 17.7 Å². The molecule has 10 heteroatoms. The van der Waals surface area contributed by atoms with Gasteiger partial charge in [0.05, 0.1) is 12.2 Å². The Morgan fingerprint density at radius 3 is 3.04 bits per heavy atom. The van der Waals surface area contributed by atoms with Gasteiger partial charge < -0.3 is 10.2 Å². The zero-order valence-electron chi connectivity index (χ0n) is 14.3. The molecule has 0 spiro atoms. The molecule has 0 aliphatic carbocycles. The number of aromatic amines is 1. The van der Waals surface area contributed by atoms with E-state index in [1.807, 2.05) is 11.0 Å². The summed E-state index contributed by atoms with van der Waals surface area (Å²) in [6.45, 7) is 2.27. The summed E-state index contributed by atoms with van der Waals surface area (Å²) < 4.78 is 15.2. The van der Waals surface area contributed by atoms with Crippen molar-refractivity contribution in [2.45, 2.75) is 6.04 Å². The summed E-state index contributed by atoms with van der Waals surface area (Å²) in [4.78, 5) is 15.2. The van der Waals surface area contributed by atoms with E-state index in [0.717, 1.165) is 18.7 Å². The van der Waals surface area contributed by atoms with Crippen LogP contribution < -0.4 is 5.32 Å². The molecule has 27 heavy (non-hydrogen) atoms. The predicted octanol–water partition coefficient (Wildman–Crippen LogP) is 0.557. The number of rotatable bonds is 3. The molecular formula is C17H17FN8O. The van der Waals surface area contributed by atoms with E-state index in [9.17, 15) is 9.18 Å². The normalized spacial score (nSPS) is 24.3. The number of nitrogens with zero attached hydrogens (tertiary/aromatic N) is 6. The van der Waals surface area contributed by atoms with E-state index in [1.165, 1.54) is 29.3 Å². The first-order valence-electron chi connectivity index (χ1n) is 8.76. The molecule has 9 nitrogen and oxygen atoms in total. The summed E-state index contributed by atoms with van der Waals surface area (Å²) in [5.74, 6) is 0.535. The average Bonchev–Trinajstić information content (AvgIpc) is 3.44. The molecule has 2 aromatic heterocycles. The second-order valence-electron chi connectivity index (χ2n) is 6.93. The van der Waals surface area contributed by atoms with Crippen molar-refractivity contribution in [3.05, 3.63) is 53.7 Å². The van der Waals surface area contributed by atoms with Crippen molar-refractivity contribution in [3.63, 3.8) is 0 Å². The Kier molecular flexibility index (Phi) is 3.71. The van der Waals surface area contributed by atoms with Crippen LogP contribution in [-0.4, -0.2) is 60.8 Å². The summed E-state index contributed by atoms with van der Waals surface area (Å²) in [7, 11) is 0. The number of fused-ring (bicyclic) bond motifs is 1. The van der Waals surface area contributed by atoms with Crippen molar-refractivity contribution in [3.8, 4) is 5.82 Å². The van der Waals surface area contributed by atoms with Gasteiger partial charge in [-0.2, -0.15) is 9.78 Å². The molecule has 0 bridgehead atoms.